The van der Waals surface area contributed by atoms with Crippen LogP contribution in [0.5, 0.6) is 0 Å². The van der Waals surface area contributed by atoms with Crippen LogP contribution in [0.25, 0.3) is 0 Å². The zero-order valence-corrected chi connectivity index (χ0v) is 14.8. The van der Waals surface area contributed by atoms with Crippen LogP contribution in [0, 0.1) is 5.92 Å². The Kier molecular flexibility index (Phi) is 6.27. The third-order valence-electron chi connectivity index (χ3n) is 5.58. The Morgan fingerprint density at radius 2 is 1.92 bits per heavy atom. The minimum absolute atomic E-state index is 0.0737. The lowest BCUT2D eigenvalue weighted by Gasteiger charge is -2.43. The van der Waals surface area contributed by atoms with E-state index in [-0.39, 0.29) is 5.97 Å². The molecule has 132 valence electrons. The van der Waals surface area contributed by atoms with E-state index in [4.69, 9.17) is 4.74 Å². The number of hydrogen-bond donors (Lipinski definition) is 0. The summed E-state index contributed by atoms with van der Waals surface area (Å²) in [6.45, 7) is 5.73. The lowest BCUT2D eigenvalue weighted by atomic mass is 9.87. The fourth-order valence-electron chi connectivity index (χ4n) is 4.32. The van der Waals surface area contributed by atoms with Gasteiger partial charge in [0, 0.05) is 25.6 Å². The molecule has 0 spiro atoms. The first kappa shape index (κ1) is 17.4. The maximum atomic E-state index is 11.6. The molecule has 1 aromatic rings. The number of rotatable bonds is 6. The molecule has 0 bridgehead atoms. The van der Waals surface area contributed by atoms with Gasteiger partial charge in [-0.05, 0) is 56.8 Å². The van der Waals surface area contributed by atoms with Gasteiger partial charge in [-0.1, -0.05) is 30.3 Å². The molecule has 0 radical (unpaired) electrons. The number of nitrogens with zero attached hydrogens (tertiary/aromatic N) is 2. The normalized spacial score (nSPS) is 25.7. The van der Waals surface area contributed by atoms with Gasteiger partial charge < -0.3 is 9.64 Å². The summed E-state index contributed by atoms with van der Waals surface area (Å²) < 4.78 is 4.86. The number of methoxy groups -OCH3 is 1. The summed E-state index contributed by atoms with van der Waals surface area (Å²) in [5.74, 6) is 0.495. The Hall–Kier alpha value is -1.39. The van der Waals surface area contributed by atoms with Crippen LogP contribution in [0.2, 0.25) is 0 Å². The zero-order chi connectivity index (χ0) is 16.8. The molecule has 0 saturated carbocycles. The Morgan fingerprint density at radius 3 is 2.62 bits per heavy atom. The van der Waals surface area contributed by atoms with Crippen LogP contribution in [0.4, 0.5) is 0 Å². The molecule has 2 fully saturated rings. The highest BCUT2D eigenvalue weighted by molar-refractivity contribution is 5.69. The summed E-state index contributed by atoms with van der Waals surface area (Å²) in [7, 11) is 1.49. The lowest BCUT2D eigenvalue weighted by Crippen LogP contribution is -2.50. The van der Waals surface area contributed by atoms with Gasteiger partial charge in [-0.15, -0.1) is 0 Å². The maximum absolute atomic E-state index is 11.6. The molecule has 2 atom stereocenters. The molecule has 2 aliphatic heterocycles. The van der Waals surface area contributed by atoms with Gasteiger partial charge in [-0.25, -0.2) is 0 Å². The van der Waals surface area contributed by atoms with Crippen molar-refractivity contribution < 1.29 is 9.53 Å². The lowest BCUT2D eigenvalue weighted by molar-refractivity contribution is -0.141. The predicted octanol–water partition coefficient (Wildman–Crippen LogP) is 2.93. The van der Waals surface area contributed by atoms with Gasteiger partial charge in [-0.3, -0.25) is 9.69 Å². The summed E-state index contributed by atoms with van der Waals surface area (Å²) >= 11 is 0. The summed E-state index contributed by atoms with van der Waals surface area (Å²) in [6, 6.07) is 11.3. The first-order chi connectivity index (χ1) is 11.8. The van der Waals surface area contributed by atoms with Gasteiger partial charge in [0.05, 0.1) is 7.11 Å². The molecule has 24 heavy (non-hydrogen) atoms. The molecule has 2 saturated heterocycles. The minimum Gasteiger partial charge on any atom is -0.469 e. The summed E-state index contributed by atoms with van der Waals surface area (Å²) in [5, 5.41) is 0. The molecule has 0 aliphatic carbocycles. The summed E-state index contributed by atoms with van der Waals surface area (Å²) in [6.07, 6.45) is 5.37. The van der Waals surface area contributed by atoms with E-state index in [2.05, 4.69) is 40.1 Å². The second kappa shape index (κ2) is 8.63. The Morgan fingerprint density at radius 1 is 1.17 bits per heavy atom. The first-order valence-corrected chi connectivity index (χ1v) is 9.33. The molecule has 1 aromatic carbocycles. The smallest absolute Gasteiger partial charge is 0.305 e. The van der Waals surface area contributed by atoms with Crippen molar-refractivity contribution in [2.24, 2.45) is 5.92 Å². The van der Waals surface area contributed by atoms with Gasteiger partial charge in [0.1, 0.15) is 0 Å². The molecule has 3 rings (SSSR count). The quantitative estimate of drug-likeness (QED) is 0.751. The summed E-state index contributed by atoms with van der Waals surface area (Å²) in [5.41, 5.74) is 1.38. The van der Waals surface area contributed by atoms with Crippen molar-refractivity contribution >= 4 is 5.97 Å². The van der Waals surface area contributed by atoms with Crippen molar-refractivity contribution in [1.82, 2.24) is 9.80 Å². The van der Waals surface area contributed by atoms with Crippen molar-refractivity contribution in [3.05, 3.63) is 35.9 Å². The van der Waals surface area contributed by atoms with Crippen molar-refractivity contribution in [2.45, 2.75) is 44.7 Å². The van der Waals surface area contributed by atoms with E-state index in [1.807, 2.05) is 0 Å². The van der Waals surface area contributed by atoms with Gasteiger partial charge >= 0.3 is 5.97 Å². The Bertz CT molecular complexity index is 514. The van der Waals surface area contributed by atoms with E-state index in [0.29, 0.717) is 18.4 Å². The zero-order valence-electron chi connectivity index (χ0n) is 14.8. The number of esters is 1. The number of hydrogen-bond acceptors (Lipinski definition) is 4. The van der Waals surface area contributed by atoms with Crippen molar-refractivity contribution in [3.8, 4) is 0 Å². The molecular weight excluding hydrogens is 300 g/mol. The minimum atomic E-state index is -0.0737. The van der Waals surface area contributed by atoms with Crippen molar-refractivity contribution in [3.63, 3.8) is 0 Å². The van der Waals surface area contributed by atoms with E-state index in [9.17, 15) is 4.79 Å². The molecule has 4 heteroatoms. The highest BCUT2D eigenvalue weighted by Crippen LogP contribution is 2.29. The van der Waals surface area contributed by atoms with Crippen LogP contribution < -0.4 is 0 Å². The van der Waals surface area contributed by atoms with E-state index >= 15 is 0 Å². The SMILES string of the molecule is COC(=O)CCC1CN(Cc2ccccc2)CCC1N1CCCC1. The average molecular weight is 330 g/mol. The third-order valence-corrected chi connectivity index (χ3v) is 5.58. The molecule has 2 aliphatic rings. The van der Waals surface area contributed by atoms with Gasteiger partial charge in [-0.2, -0.15) is 0 Å². The maximum Gasteiger partial charge on any atom is 0.305 e. The van der Waals surface area contributed by atoms with Gasteiger partial charge in [0.15, 0.2) is 0 Å². The number of carbonyl (C=O) groups excluding carboxylic acids is 1. The van der Waals surface area contributed by atoms with E-state index in [0.717, 1.165) is 26.1 Å². The highest BCUT2D eigenvalue weighted by atomic mass is 16.5. The molecular formula is C20H30N2O2. The predicted molar refractivity (Wildman–Crippen MR) is 95.7 cm³/mol. The van der Waals surface area contributed by atoms with E-state index < -0.39 is 0 Å². The molecule has 2 unspecified atom stereocenters. The van der Waals surface area contributed by atoms with Gasteiger partial charge in [0.2, 0.25) is 0 Å². The third kappa shape index (κ3) is 4.58. The highest BCUT2D eigenvalue weighted by Gasteiger charge is 2.34. The molecule has 0 amide bonds. The second-order valence-electron chi connectivity index (χ2n) is 7.19. The molecule has 0 aromatic heterocycles. The van der Waals surface area contributed by atoms with Crippen LogP contribution in [-0.2, 0) is 16.1 Å². The number of likely N-dealkylation sites (tertiary alicyclic amines) is 2. The fraction of sp³-hybridized carbons (Fsp3) is 0.650. The fourth-order valence-corrected chi connectivity index (χ4v) is 4.32. The van der Waals surface area contributed by atoms with Crippen LogP contribution >= 0.6 is 0 Å². The largest absolute Gasteiger partial charge is 0.469 e. The number of benzene rings is 1. The standard InChI is InChI=1S/C20H30N2O2/c1-24-20(23)10-9-18-16-21(15-17-7-3-2-4-8-17)14-11-19(18)22-12-5-6-13-22/h2-4,7-8,18-19H,5-6,9-16H2,1H3. The van der Waals surface area contributed by atoms with Crippen LogP contribution in [0.1, 0.15) is 37.7 Å². The van der Waals surface area contributed by atoms with E-state index in [1.54, 1.807) is 0 Å². The van der Waals surface area contributed by atoms with E-state index in [1.165, 1.54) is 45.0 Å². The van der Waals surface area contributed by atoms with Crippen LogP contribution in [-0.4, -0.2) is 55.1 Å². The van der Waals surface area contributed by atoms with Crippen LogP contribution in [0.3, 0.4) is 0 Å². The number of piperidine rings is 1. The second-order valence-corrected chi connectivity index (χ2v) is 7.19. The molecule has 2 heterocycles. The van der Waals surface area contributed by atoms with Gasteiger partial charge in [0.25, 0.3) is 0 Å². The molecule has 4 nitrogen and oxygen atoms in total. The topological polar surface area (TPSA) is 32.8 Å². The summed E-state index contributed by atoms with van der Waals surface area (Å²) in [4.78, 5) is 16.8. The number of ether oxygens (including phenoxy) is 1. The monoisotopic (exact) mass is 330 g/mol. The van der Waals surface area contributed by atoms with Crippen molar-refractivity contribution in [2.75, 3.05) is 33.3 Å². The Balaban J connectivity index is 1.61. The number of carbonyl (C=O) groups is 1. The molecule has 0 N–H and O–H groups in total. The average Bonchev–Trinajstić information content (AvgIpc) is 3.15. The van der Waals surface area contributed by atoms with Crippen LogP contribution in [0.15, 0.2) is 30.3 Å². The Labute approximate surface area is 145 Å². The first-order valence-electron chi connectivity index (χ1n) is 9.33. The van der Waals surface area contributed by atoms with Crippen molar-refractivity contribution in [1.29, 1.82) is 0 Å².